The second-order valence-corrected chi connectivity index (χ2v) is 12.6. The molecule has 0 amide bonds. The molecule has 0 saturated heterocycles. The number of aromatic nitrogens is 2. The average Bonchev–Trinajstić information content (AvgIpc) is 4.00. The summed E-state index contributed by atoms with van der Waals surface area (Å²) >= 11 is 0. The number of pyridine rings is 2. The van der Waals surface area contributed by atoms with Crippen LogP contribution in [0.3, 0.4) is 0 Å². The first-order valence-corrected chi connectivity index (χ1v) is 18.8. The van der Waals surface area contributed by atoms with Crippen molar-refractivity contribution in [3.63, 3.8) is 0 Å². The van der Waals surface area contributed by atoms with E-state index in [9.17, 15) is 14.4 Å². The highest BCUT2D eigenvalue weighted by atomic mass is 16.7. The van der Waals surface area contributed by atoms with Gasteiger partial charge in [0.1, 0.15) is 23.9 Å². The van der Waals surface area contributed by atoms with Gasteiger partial charge in [-0.1, -0.05) is 0 Å². The van der Waals surface area contributed by atoms with Crippen molar-refractivity contribution in [3.05, 3.63) is 107 Å². The van der Waals surface area contributed by atoms with Crippen molar-refractivity contribution in [2.45, 2.75) is 13.3 Å². The number of nitrogens with zero attached hydrogens (tertiary/aromatic N) is 5. The number of aliphatic imine (C=N–C) groups is 2. The number of rotatable bonds is 15. The molecule has 3 aliphatic rings. The number of ether oxygens (including phenoxy) is 7. The number of methoxy groups -OCH3 is 4. The first-order chi connectivity index (χ1) is 29.2. The van der Waals surface area contributed by atoms with Gasteiger partial charge in [0.15, 0.2) is 48.2 Å². The number of hydrogen-bond donors (Lipinski definition) is 3. The van der Waals surface area contributed by atoms with Crippen LogP contribution in [-0.4, -0.2) is 119 Å². The Kier molecular flexibility index (Phi) is 16.3. The van der Waals surface area contributed by atoms with E-state index in [0.717, 1.165) is 35.9 Å². The maximum absolute atomic E-state index is 12.7. The lowest BCUT2D eigenvalue weighted by Gasteiger charge is -2.32. The molecular weight excluding hydrogens is 777 g/mol. The molecule has 0 bridgehead atoms. The van der Waals surface area contributed by atoms with E-state index in [-0.39, 0.29) is 31.6 Å². The van der Waals surface area contributed by atoms with Crippen LogP contribution in [-0.2, 0) is 19.0 Å². The third kappa shape index (κ3) is 11.1. The Morgan fingerprint density at radius 1 is 0.817 bits per heavy atom. The molecule has 0 aliphatic carbocycles. The van der Waals surface area contributed by atoms with Crippen LogP contribution in [0.5, 0.6) is 23.0 Å². The number of esters is 1. The molecule has 0 fully saturated rings. The molecule has 0 unspecified atom stereocenters. The van der Waals surface area contributed by atoms with Gasteiger partial charge in [0.05, 0.1) is 45.3 Å². The highest BCUT2D eigenvalue weighted by Crippen LogP contribution is 2.43. The monoisotopic (exact) mass is 824 g/mol. The van der Waals surface area contributed by atoms with E-state index in [0.29, 0.717) is 71.0 Å². The summed E-state index contributed by atoms with van der Waals surface area (Å²) in [7, 11) is 6.24. The maximum atomic E-state index is 12.7. The van der Waals surface area contributed by atoms with Gasteiger partial charge in [0.2, 0.25) is 0 Å². The van der Waals surface area contributed by atoms with E-state index in [1.165, 1.54) is 6.20 Å². The third-order valence-electron chi connectivity index (χ3n) is 8.72. The Balaban J connectivity index is 0.000000184. The van der Waals surface area contributed by atoms with Crippen LogP contribution in [0.4, 0.5) is 11.4 Å². The van der Waals surface area contributed by atoms with E-state index in [1.54, 1.807) is 90.4 Å². The van der Waals surface area contributed by atoms with Gasteiger partial charge in [-0.25, -0.2) is 0 Å². The smallest absolute Gasteiger partial charge is 0.313 e. The summed E-state index contributed by atoms with van der Waals surface area (Å²) in [6.07, 6.45) is 7.52. The quantitative estimate of drug-likeness (QED) is 0.0384. The van der Waals surface area contributed by atoms with E-state index in [2.05, 4.69) is 35.3 Å². The van der Waals surface area contributed by atoms with E-state index >= 15 is 0 Å². The summed E-state index contributed by atoms with van der Waals surface area (Å²) in [4.78, 5) is 53.8. The molecule has 0 saturated carbocycles. The fraction of sp³-hybridized carbons (Fsp3) is 0.310. The number of nitrogens with one attached hydrogen (secondary N) is 2. The molecule has 0 spiro atoms. The molecule has 60 heavy (non-hydrogen) atoms. The van der Waals surface area contributed by atoms with Crippen molar-refractivity contribution in [2.24, 2.45) is 9.98 Å². The van der Waals surface area contributed by atoms with Gasteiger partial charge in [-0.2, -0.15) is 0 Å². The van der Waals surface area contributed by atoms with Gasteiger partial charge < -0.3 is 54.4 Å². The number of hydrogen-bond acceptors (Lipinski definition) is 18. The fourth-order valence-corrected chi connectivity index (χ4v) is 6.03. The number of amidine groups is 2. The first-order valence-electron chi connectivity index (χ1n) is 18.8. The van der Waals surface area contributed by atoms with Crippen molar-refractivity contribution < 1.29 is 47.5 Å². The van der Waals surface area contributed by atoms with Gasteiger partial charge in [0, 0.05) is 80.4 Å². The number of Topliss-reactive ketones (excluding diaryl/α,β-unsaturated/α-hetero) is 1. The fourth-order valence-electron chi connectivity index (χ4n) is 6.03. The Labute approximate surface area is 347 Å². The highest BCUT2D eigenvalue weighted by Gasteiger charge is 2.33. The predicted octanol–water partition coefficient (Wildman–Crippen LogP) is 4.11. The molecule has 4 aromatic rings. The summed E-state index contributed by atoms with van der Waals surface area (Å²) in [6, 6.07) is 14.2. The second-order valence-electron chi connectivity index (χ2n) is 12.6. The Morgan fingerprint density at radius 2 is 1.47 bits per heavy atom. The first kappa shape index (κ1) is 44.1. The zero-order valence-corrected chi connectivity index (χ0v) is 34.1. The zero-order valence-electron chi connectivity index (χ0n) is 34.1. The number of ketones is 2. The Bertz CT molecular complexity index is 2200. The number of nitrogen functional groups attached to an aromatic ring is 1. The molecule has 18 nitrogen and oxygen atoms in total. The van der Waals surface area contributed by atoms with Gasteiger partial charge in [-0.15, -0.1) is 0 Å². The minimum Gasteiger partial charge on any atom is -0.491 e. The molecule has 4 N–H and O–H groups in total. The van der Waals surface area contributed by atoms with Crippen molar-refractivity contribution in [1.29, 1.82) is 0 Å². The number of carbonyl (C=O) groups excluding carboxylic acids is 3. The SMILES string of the molecule is CCOC(=O)CC(=O)c1cccnc1.COCOc1ccc(C2=NCCN2)c(N)c1OC.COCOc1ccc2c(c1OC)NC(=CC(=O)c1cccnc1)N1CCN=C21. The molecule has 2 aromatic carbocycles. The molecule has 0 atom stereocenters. The predicted molar refractivity (Wildman–Crippen MR) is 223 cm³/mol. The lowest BCUT2D eigenvalue weighted by atomic mass is 10.1. The van der Waals surface area contributed by atoms with Crippen LogP contribution in [0, 0.1) is 0 Å². The number of nitrogens with two attached hydrogens (primary N) is 1. The topological polar surface area (TPSA) is 220 Å². The van der Waals surface area contributed by atoms with Crippen LogP contribution in [0.2, 0.25) is 0 Å². The second kappa shape index (κ2) is 22.2. The van der Waals surface area contributed by atoms with Gasteiger partial charge in [-0.3, -0.25) is 34.3 Å². The Hall–Kier alpha value is -7.05. The number of carbonyl (C=O) groups is 3. The molecule has 18 heteroatoms. The van der Waals surface area contributed by atoms with Crippen LogP contribution in [0.25, 0.3) is 0 Å². The number of anilines is 2. The van der Waals surface area contributed by atoms with Gasteiger partial charge in [0.25, 0.3) is 0 Å². The van der Waals surface area contributed by atoms with Crippen molar-refractivity contribution in [2.75, 3.05) is 85.9 Å². The molecule has 316 valence electrons. The molecular formula is C42H48N8O10. The summed E-state index contributed by atoms with van der Waals surface area (Å²) in [5.41, 5.74) is 9.97. The standard InChI is InChI=1S/C20H20N4O4.C12H17N3O3.C10H11NO3/c1-26-12-28-16-6-5-14-18(19(16)27-2)23-17(24-9-8-22-20(14)24)10-15(25)13-4-3-7-21-11-13;1-16-7-18-9-4-3-8(10(13)11(9)17-2)12-14-5-6-15-12;1-2-14-10(13)6-9(12)8-4-3-5-11-7-8/h3-7,10-11,23H,8-9,12H2,1-2H3;3-4H,5-7,13H2,1-2H3,(H,14,15);3-5,7H,2,6H2,1H3. The summed E-state index contributed by atoms with van der Waals surface area (Å²) in [5, 5.41) is 6.50. The van der Waals surface area contributed by atoms with Gasteiger partial charge >= 0.3 is 5.97 Å². The largest absolute Gasteiger partial charge is 0.491 e. The zero-order chi connectivity index (χ0) is 42.9. The summed E-state index contributed by atoms with van der Waals surface area (Å²) in [5.74, 6) is 3.46. The lowest BCUT2D eigenvalue weighted by molar-refractivity contribution is -0.141. The van der Waals surface area contributed by atoms with Crippen molar-refractivity contribution in [3.8, 4) is 23.0 Å². The van der Waals surface area contributed by atoms with E-state index in [1.807, 2.05) is 23.1 Å². The minimum atomic E-state index is -0.499. The van der Waals surface area contributed by atoms with E-state index in [4.69, 9.17) is 34.2 Å². The Morgan fingerprint density at radius 3 is 2.05 bits per heavy atom. The van der Waals surface area contributed by atoms with Crippen molar-refractivity contribution >= 4 is 40.6 Å². The summed E-state index contributed by atoms with van der Waals surface area (Å²) in [6.45, 7) is 5.18. The van der Waals surface area contributed by atoms with Crippen LogP contribution >= 0.6 is 0 Å². The number of benzene rings is 2. The minimum absolute atomic E-state index is 0.102. The average molecular weight is 825 g/mol. The molecule has 7 rings (SSSR count). The van der Waals surface area contributed by atoms with E-state index < -0.39 is 5.97 Å². The van der Waals surface area contributed by atoms with Crippen LogP contribution in [0.1, 0.15) is 45.2 Å². The third-order valence-corrected chi connectivity index (χ3v) is 8.72. The molecule has 3 aliphatic heterocycles. The van der Waals surface area contributed by atoms with Crippen LogP contribution < -0.4 is 35.3 Å². The van der Waals surface area contributed by atoms with Crippen molar-refractivity contribution in [1.82, 2.24) is 20.2 Å². The maximum Gasteiger partial charge on any atom is 0.313 e. The molecule has 0 radical (unpaired) electrons. The normalized spacial score (nSPS) is 13.9. The highest BCUT2D eigenvalue weighted by molar-refractivity contribution is 6.11. The number of fused-ring (bicyclic) bond motifs is 3. The van der Waals surface area contributed by atoms with Gasteiger partial charge in [-0.05, 0) is 55.5 Å². The van der Waals surface area contributed by atoms with Crippen LogP contribution in [0.15, 0.2) is 95.2 Å². The summed E-state index contributed by atoms with van der Waals surface area (Å²) < 4.78 is 36.4. The number of allylic oxidation sites excluding steroid dienone is 1. The molecule has 2 aromatic heterocycles. The lowest BCUT2D eigenvalue weighted by Crippen LogP contribution is -2.36. The molecule has 5 heterocycles.